The normalized spacial score (nSPS) is 18.6. The average Bonchev–Trinajstić information content (AvgIpc) is 2.40. The van der Waals surface area contributed by atoms with Crippen LogP contribution in [0.5, 0.6) is 0 Å². The first-order valence-corrected chi connectivity index (χ1v) is 7.16. The van der Waals surface area contributed by atoms with Crippen molar-refractivity contribution in [1.29, 1.82) is 0 Å². The maximum atomic E-state index is 13.0. The van der Waals surface area contributed by atoms with E-state index in [1.165, 1.54) is 17.8 Å². The van der Waals surface area contributed by atoms with Crippen LogP contribution in [0.3, 0.4) is 0 Å². The van der Waals surface area contributed by atoms with E-state index < -0.39 is 11.6 Å². The summed E-state index contributed by atoms with van der Waals surface area (Å²) in [6, 6.07) is 3.69. The number of amides is 1. The SMILES string of the molecule is Cl.NC1CCCN(C(=O)CSc2ccc(F)c(F)c2)C1. The van der Waals surface area contributed by atoms with Crippen LogP contribution >= 0.6 is 24.2 Å². The molecular formula is C13H17ClF2N2OS. The van der Waals surface area contributed by atoms with Crippen LogP contribution in [0.2, 0.25) is 0 Å². The van der Waals surface area contributed by atoms with E-state index in [2.05, 4.69) is 0 Å². The number of hydrogen-bond acceptors (Lipinski definition) is 3. The van der Waals surface area contributed by atoms with E-state index >= 15 is 0 Å². The summed E-state index contributed by atoms with van der Waals surface area (Å²) in [5.74, 6) is -1.56. The van der Waals surface area contributed by atoms with Gasteiger partial charge in [0.25, 0.3) is 0 Å². The molecule has 20 heavy (non-hydrogen) atoms. The molecule has 3 nitrogen and oxygen atoms in total. The topological polar surface area (TPSA) is 46.3 Å². The van der Waals surface area contributed by atoms with Crippen molar-refractivity contribution in [3.63, 3.8) is 0 Å². The van der Waals surface area contributed by atoms with Crippen molar-refractivity contribution in [2.45, 2.75) is 23.8 Å². The van der Waals surface area contributed by atoms with Crippen LogP contribution in [-0.2, 0) is 4.79 Å². The Kier molecular flexibility index (Phi) is 6.71. The predicted molar refractivity (Wildman–Crippen MR) is 78.1 cm³/mol. The molecule has 112 valence electrons. The van der Waals surface area contributed by atoms with Crippen molar-refractivity contribution >= 4 is 30.1 Å². The molecule has 1 unspecified atom stereocenters. The second kappa shape index (κ2) is 7.81. The summed E-state index contributed by atoms with van der Waals surface area (Å²) >= 11 is 1.21. The smallest absolute Gasteiger partial charge is 0.232 e. The fourth-order valence-electron chi connectivity index (χ4n) is 2.04. The van der Waals surface area contributed by atoms with E-state index in [4.69, 9.17) is 5.73 Å². The van der Waals surface area contributed by atoms with Crippen LogP contribution in [0.15, 0.2) is 23.1 Å². The van der Waals surface area contributed by atoms with Gasteiger partial charge in [-0.25, -0.2) is 8.78 Å². The number of hydrogen-bond donors (Lipinski definition) is 1. The van der Waals surface area contributed by atoms with Gasteiger partial charge in [0.2, 0.25) is 5.91 Å². The van der Waals surface area contributed by atoms with Gasteiger partial charge in [0.05, 0.1) is 5.75 Å². The van der Waals surface area contributed by atoms with Gasteiger partial charge in [0, 0.05) is 24.0 Å². The molecule has 1 aliphatic heterocycles. The number of thioether (sulfide) groups is 1. The molecule has 1 saturated heterocycles. The summed E-state index contributed by atoms with van der Waals surface area (Å²) in [5.41, 5.74) is 5.81. The summed E-state index contributed by atoms with van der Waals surface area (Å²) in [7, 11) is 0. The van der Waals surface area contributed by atoms with Crippen molar-refractivity contribution in [2.24, 2.45) is 5.73 Å². The molecule has 7 heteroatoms. The van der Waals surface area contributed by atoms with Crippen molar-refractivity contribution in [3.05, 3.63) is 29.8 Å². The highest BCUT2D eigenvalue weighted by Crippen LogP contribution is 2.21. The molecule has 1 heterocycles. The van der Waals surface area contributed by atoms with Crippen molar-refractivity contribution < 1.29 is 13.6 Å². The molecule has 0 radical (unpaired) electrons. The fourth-order valence-corrected chi connectivity index (χ4v) is 2.86. The van der Waals surface area contributed by atoms with Crippen molar-refractivity contribution in [3.8, 4) is 0 Å². The molecule has 0 aliphatic carbocycles. The minimum atomic E-state index is -0.891. The fraction of sp³-hybridized carbons (Fsp3) is 0.462. The quantitative estimate of drug-likeness (QED) is 0.869. The van der Waals surface area contributed by atoms with Crippen LogP contribution in [0.4, 0.5) is 8.78 Å². The highest BCUT2D eigenvalue weighted by Gasteiger charge is 2.21. The first-order chi connectivity index (χ1) is 9.06. The van der Waals surface area contributed by atoms with Gasteiger partial charge in [-0.2, -0.15) is 0 Å². The maximum absolute atomic E-state index is 13.0. The Morgan fingerprint density at radius 3 is 2.80 bits per heavy atom. The Morgan fingerprint density at radius 2 is 2.15 bits per heavy atom. The van der Waals surface area contributed by atoms with Gasteiger partial charge in [0.1, 0.15) is 0 Å². The Bertz CT molecular complexity index is 476. The molecule has 1 amide bonds. The number of benzene rings is 1. The van der Waals surface area contributed by atoms with Gasteiger partial charge < -0.3 is 10.6 Å². The van der Waals surface area contributed by atoms with Gasteiger partial charge in [-0.3, -0.25) is 4.79 Å². The summed E-state index contributed by atoms with van der Waals surface area (Å²) in [6.45, 7) is 1.31. The molecule has 1 atom stereocenters. The number of likely N-dealkylation sites (tertiary alicyclic amines) is 1. The molecule has 1 aromatic carbocycles. The average molecular weight is 323 g/mol. The third-order valence-corrected chi connectivity index (χ3v) is 4.04. The summed E-state index contributed by atoms with van der Waals surface area (Å²) in [5, 5.41) is 0. The third-order valence-electron chi connectivity index (χ3n) is 3.06. The van der Waals surface area contributed by atoms with Gasteiger partial charge in [-0.1, -0.05) is 0 Å². The lowest BCUT2D eigenvalue weighted by atomic mass is 10.1. The monoisotopic (exact) mass is 322 g/mol. The Hall–Kier alpha value is -0.850. The predicted octanol–water partition coefficient (Wildman–Crippen LogP) is 2.43. The highest BCUT2D eigenvalue weighted by molar-refractivity contribution is 8.00. The van der Waals surface area contributed by atoms with Crippen molar-refractivity contribution in [2.75, 3.05) is 18.8 Å². The number of rotatable bonds is 3. The van der Waals surface area contributed by atoms with Crippen molar-refractivity contribution in [1.82, 2.24) is 4.90 Å². The minimum Gasteiger partial charge on any atom is -0.340 e. The zero-order chi connectivity index (χ0) is 13.8. The first kappa shape index (κ1) is 17.2. The highest BCUT2D eigenvalue weighted by atomic mass is 35.5. The molecule has 0 bridgehead atoms. The number of halogens is 3. The molecule has 1 aromatic rings. The Labute approximate surface area is 127 Å². The lowest BCUT2D eigenvalue weighted by molar-refractivity contribution is -0.129. The van der Waals surface area contributed by atoms with E-state index in [-0.39, 0.29) is 30.1 Å². The first-order valence-electron chi connectivity index (χ1n) is 6.17. The van der Waals surface area contributed by atoms with Gasteiger partial charge in [0.15, 0.2) is 11.6 Å². The van der Waals surface area contributed by atoms with Crippen LogP contribution in [0, 0.1) is 11.6 Å². The van der Waals surface area contributed by atoms with E-state index in [1.54, 1.807) is 4.90 Å². The van der Waals surface area contributed by atoms with Crippen LogP contribution in [0.1, 0.15) is 12.8 Å². The van der Waals surface area contributed by atoms with E-state index in [0.29, 0.717) is 11.4 Å². The Morgan fingerprint density at radius 1 is 1.40 bits per heavy atom. The number of carbonyl (C=O) groups is 1. The van der Waals surface area contributed by atoms with Gasteiger partial charge in [-0.05, 0) is 31.0 Å². The van der Waals surface area contributed by atoms with Crippen LogP contribution in [0.25, 0.3) is 0 Å². The van der Waals surface area contributed by atoms with Gasteiger partial charge in [-0.15, -0.1) is 24.2 Å². The van der Waals surface area contributed by atoms with Crippen LogP contribution in [-0.4, -0.2) is 35.7 Å². The summed E-state index contributed by atoms with van der Waals surface area (Å²) < 4.78 is 25.8. The third kappa shape index (κ3) is 4.61. The Balaban J connectivity index is 0.00000200. The molecule has 1 fully saturated rings. The van der Waals surface area contributed by atoms with E-state index in [1.807, 2.05) is 0 Å². The number of nitrogens with zero attached hydrogens (tertiary/aromatic N) is 1. The molecule has 1 aliphatic rings. The number of carbonyl (C=O) groups excluding carboxylic acids is 1. The summed E-state index contributed by atoms with van der Waals surface area (Å²) in [6.07, 6.45) is 1.86. The lowest BCUT2D eigenvalue weighted by Crippen LogP contribution is -2.46. The minimum absolute atomic E-state index is 0. The second-order valence-electron chi connectivity index (χ2n) is 4.61. The van der Waals surface area contributed by atoms with E-state index in [0.717, 1.165) is 31.5 Å². The molecule has 0 saturated carbocycles. The molecule has 0 aromatic heterocycles. The largest absolute Gasteiger partial charge is 0.340 e. The summed E-state index contributed by atoms with van der Waals surface area (Å²) in [4.78, 5) is 14.2. The van der Waals surface area contributed by atoms with E-state index in [9.17, 15) is 13.6 Å². The van der Waals surface area contributed by atoms with Crippen LogP contribution < -0.4 is 5.73 Å². The molecule has 2 N–H and O–H groups in total. The zero-order valence-corrected chi connectivity index (χ0v) is 12.5. The molecule has 2 rings (SSSR count). The molecule has 0 spiro atoms. The maximum Gasteiger partial charge on any atom is 0.232 e. The second-order valence-corrected chi connectivity index (χ2v) is 5.66. The van der Waals surface area contributed by atoms with Gasteiger partial charge >= 0.3 is 0 Å². The number of piperidine rings is 1. The standard InChI is InChI=1S/C13H16F2N2OS.ClH/c14-11-4-3-10(6-12(11)15)19-8-13(18)17-5-1-2-9(16)7-17;/h3-4,6,9H,1-2,5,7-8,16H2;1H. The lowest BCUT2D eigenvalue weighted by Gasteiger charge is -2.30. The number of nitrogens with two attached hydrogens (primary N) is 1. The molecular weight excluding hydrogens is 306 g/mol. The zero-order valence-electron chi connectivity index (χ0n) is 10.9.